The molecule has 2 aromatic carbocycles. The van der Waals surface area contributed by atoms with Crippen LogP contribution in [-0.2, 0) is 16.0 Å². The first kappa shape index (κ1) is 30.6. The van der Waals surface area contributed by atoms with Crippen LogP contribution in [0.2, 0.25) is 0 Å². The van der Waals surface area contributed by atoms with Crippen LogP contribution in [0.15, 0.2) is 53.0 Å². The zero-order chi connectivity index (χ0) is 29.8. The predicted octanol–water partition coefficient (Wildman–Crippen LogP) is 5.83. The monoisotopic (exact) mass is 628 g/mol. The number of carboxylic acid groups (broad SMARTS) is 1. The Hall–Kier alpha value is -3.94. The van der Waals surface area contributed by atoms with Crippen molar-refractivity contribution in [3.63, 3.8) is 0 Å². The van der Waals surface area contributed by atoms with Crippen molar-refractivity contribution in [2.24, 2.45) is 0 Å². The molecular formula is C26H25BrF4N4O5. The number of halogens is 5. The number of ether oxygens (including phenoxy) is 2. The van der Waals surface area contributed by atoms with E-state index in [1.807, 2.05) is 0 Å². The number of nitrogens with zero attached hydrogens (tertiary/aromatic N) is 2. The number of carboxylic acids is 1. The highest BCUT2D eigenvalue weighted by molar-refractivity contribution is 9.10. The molecule has 0 aliphatic heterocycles. The molecule has 0 bridgehead atoms. The van der Waals surface area contributed by atoms with E-state index in [2.05, 4.69) is 31.2 Å². The molecule has 9 nitrogen and oxygen atoms in total. The maximum Gasteiger partial charge on any atom is 0.429 e. The Bertz CT molecular complexity index is 1380. The van der Waals surface area contributed by atoms with E-state index in [9.17, 15) is 32.3 Å². The second-order valence-corrected chi connectivity index (χ2v) is 10.5. The van der Waals surface area contributed by atoms with Crippen molar-refractivity contribution in [2.45, 2.75) is 51.1 Å². The fourth-order valence-corrected chi connectivity index (χ4v) is 3.82. The summed E-state index contributed by atoms with van der Waals surface area (Å²) in [4.78, 5) is 31.4. The van der Waals surface area contributed by atoms with Gasteiger partial charge < -0.3 is 25.6 Å². The molecule has 0 saturated heterocycles. The number of rotatable bonds is 8. The molecule has 14 heteroatoms. The topological polar surface area (TPSA) is 137 Å². The predicted molar refractivity (Wildman–Crippen MR) is 140 cm³/mol. The highest BCUT2D eigenvalue weighted by Crippen LogP contribution is 2.38. The number of anilines is 1. The molecule has 0 spiro atoms. The molecule has 40 heavy (non-hydrogen) atoms. The van der Waals surface area contributed by atoms with Gasteiger partial charge in [0.25, 0.3) is 0 Å². The second kappa shape index (κ2) is 12.1. The van der Waals surface area contributed by atoms with Crippen LogP contribution in [0.4, 0.5) is 28.3 Å². The van der Waals surface area contributed by atoms with E-state index in [-0.39, 0.29) is 22.5 Å². The number of alkyl carbamates (subject to hydrolysis) is 1. The van der Waals surface area contributed by atoms with Crippen LogP contribution in [0.5, 0.6) is 5.88 Å². The summed E-state index contributed by atoms with van der Waals surface area (Å²) in [6.07, 6.45) is -8.62. The van der Waals surface area contributed by atoms with E-state index in [0.717, 1.165) is 18.2 Å². The fourth-order valence-electron chi connectivity index (χ4n) is 3.49. The molecule has 0 fully saturated rings. The average molecular weight is 629 g/mol. The van der Waals surface area contributed by atoms with Crippen molar-refractivity contribution in [1.82, 2.24) is 15.3 Å². The highest BCUT2D eigenvalue weighted by atomic mass is 79.9. The zero-order valence-corrected chi connectivity index (χ0v) is 23.0. The van der Waals surface area contributed by atoms with E-state index < -0.39 is 53.2 Å². The lowest BCUT2D eigenvalue weighted by atomic mass is 10.0. The van der Waals surface area contributed by atoms with Crippen molar-refractivity contribution < 1.29 is 41.7 Å². The van der Waals surface area contributed by atoms with Crippen molar-refractivity contribution >= 4 is 33.9 Å². The van der Waals surface area contributed by atoms with Gasteiger partial charge in [0.15, 0.2) is 0 Å². The molecule has 1 amide bonds. The van der Waals surface area contributed by atoms with Gasteiger partial charge in [-0.25, -0.2) is 19.0 Å². The molecule has 0 radical (unpaired) electrons. The van der Waals surface area contributed by atoms with Crippen LogP contribution < -0.4 is 15.8 Å². The van der Waals surface area contributed by atoms with E-state index in [1.165, 1.54) is 18.2 Å². The largest absolute Gasteiger partial charge is 0.480 e. The van der Waals surface area contributed by atoms with Gasteiger partial charge in [0, 0.05) is 28.1 Å². The van der Waals surface area contributed by atoms with E-state index in [4.69, 9.17) is 15.2 Å². The number of carbonyl (C=O) groups is 2. The zero-order valence-electron chi connectivity index (χ0n) is 21.4. The lowest BCUT2D eigenvalue weighted by Crippen LogP contribution is -2.44. The summed E-state index contributed by atoms with van der Waals surface area (Å²) in [5.74, 6) is -3.33. The molecular weight excluding hydrogens is 604 g/mol. The van der Waals surface area contributed by atoms with Gasteiger partial charge in [-0.05, 0) is 38.5 Å². The quantitative estimate of drug-likeness (QED) is 0.265. The Morgan fingerprint density at radius 3 is 2.27 bits per heavy atom. The van der Waals surface area contributed by atoms with Crippen LogP contribution in [0.1, 0.15) is 38.0 Å². The van der Waals surface area contributed by atoms with Gasteiger partial charge in [-0.15, -0.1) is 0 Å². The Labute approximate surface area is 234 Å². The minimum atomic E-state index is -4.98. The van der Waals surface area contributed by atoms with Crippen LogP contribution >= 0.6 is 15.9 Å². The van der Waals surface area contributed by atoms with Crippen LogP contribution in [-0.4, -0.2) is 45.0 Å². The summed E-state index contributed by atoms with van der Waals surface area (Å²) in [6, 6.07) is 9.08. The average Bonchev–Trinajstić information content (AvgIpc) is 2.81. The fraction of sp³-hybridized carbons (Fsp3) is 0.308. The Balaban J connectivity index is 1.82. The maximum atomic E-state index is 14.3. The number of hydrogen-bond acceptors (Lipinski definition) is 7. The number of aliphatic carboxylic acids is 1. The first-order valence-electron chi connectivity index (χ1n) is 11.7. The number of nitrogen functional groups attached to an aromatic ring is 1. The van der Waals surface area contributed by atoms with Crippen molar-refractivity contribution in [3.8, 4) is 17.1 Å². The van der Waals surface area contributed by atoms with Gasteiger partial charge in [-0.1, -0.05) is 46.3 Å². The van der Waals surface area contributed by atoms with E-state index in [0.29, 0.717) is 11.1 Å². The number of nitrogens with one attached hydrogen (secondary N) is 1. The summed E-state index contributed by atoms with van der Waals surface area (Å²) in [5.41, 5.74) is 5.17. The van der Waals surface area contributed by atoms with Gasteiger partial charge in [-0.3, -0.25) is 0 Å². The molecule has 1 aromatic heterocycles. The number of carbonyl (C=O) groups excluding carboxylic acids is 1. The summed E-state index contributed by atoms with van der Waals surface area (Å²) in [5, 5.41) is 11.8. The highest BCUT2D eigenvalue weighted by Gasteiger charge is 2.45. The lowest BCUT2D eigenvalue weighted by molar-refractivity contribution is -0.199. The Morgan fingerprint density at radius 2 is 1.73 bits per heavy atom. The maximum absolute atomic E-state index is 14.3. The van der Waals surface area contributed by atoms with E-state index >= 15 is 0 Å². The minimum Gasteiger partial charge on any atom is -0.480 e. The molecule has 214 valence electrons. The minimum absolute atomic E-state index is 0.0822. The van der Waals surface area contributed by atoms with Crippen LogP contribution in [0.25, 0.3) is 11.3 Å². The number of benzene rings is 2. The van der Waals surface area contributed by atoms with Crippen molar-refractivity contribution in [3.05, 3.63) is 69.9 Å². The van der Waals surface area contributed by atoms with E-state index in [1.54, 1.807) is 32.9 Å². The molecule has 1 heterocycles. The van der Waals surface area contributed by atoms with Gasteiger partial charge in [-0.2, -0.15) is 18.2 Å². The molecule has 3 rings (SSSR count). The molecule has 4 N–H and O–H groups in total. The lowest BCUT2D eigenvalue weighted by Gasteiger charge is -2.22. The number of alkyl halides is 3. The molecule has 3 aromatic rings. The van der Waals surface area contributed by atoms with Gasteiger partial charge in [0.1, 0.15) is 17.5 Å². The summed E-state index contributed by atoms with van der Waals surface area (Å²) in [6.45, 7) is 4.92. The third-order valence-electron chi connectivity index (χ3n) is 5.18. The third kappa shape index (κ3) is 8.53. The smallest absolute Gasteiger partial charge is 0.429 e. The van der Waals surface area contributed by atoms with Gasteiger partial charge in [0.05, 0.1) is 5.69 Å². The summed E-state index contributed by atoms with van der Waals surface area (Å²) in [7, 11) is 0. The summed E-state index contributed by atoms with van der Waals surface area (Å²) >= 11 is 3.00. The number of hydrogen-bond donors (Lipinski definition) is 3. The summed E-state index contributed by atoms with van der Waals surface area (Å²) < 4.78 is 66.2. The first-order chi connectivity index (χ1) is 18.5. The first-order valence-corrected chi connectivity index (χ1v) is 12.5. The number of amides is 1. The van der Waals surface area contributed by atoms with Gasteiger partial charge >= 0.3 is 18.2 Å². The molecule has 1 unspecified atom stereocenters. The number of aromatic nitrogens is 2. The Kier molecular flexibility index (Phi) is 9.23. The van der Waals surface area contributed by atoms with Crippen molar-refractivity contribution in [1.29, 1.82) is 0 Å². The molecule has 0 saturated carbocycles. The Morgan fingerprint density at radius 1 is 1.07 bits per heavy atom. The van der Waals surface area contributed by atoms with Crippen molar-refractivity contribution in [2.75, 3.05) is 5.73 Å². The SMILES string of the molecule is CC(C)(C)OC(=O)NC(Cc1ccc(-c2cc(O[C@@H](c3ccc(Br)cc3F)C(F)(F)F)nc(N)n2)cc1)C(=O)O. The van der Waals surface area contributed by atoms with Gasteiger partial charge in [0.2, 0.25) is 17.9 Å². The number of nitrogens with two attached hydrogens (primary N) is 1. The molecule has 2 atom stereocenters. The molecule has 0 aliphatic rings. The molecule has 0 aliphatic carbocycles. The standard InChI is InChI=1S/C26H25BrF4N4O5/c1-25(2,3)40-24(38)34-19(22(36)37)10-13-4-6-14(7-5-13)18-12-20(35-23(32)33-18)39-21(26(29,30)31)16-9-8-15(27)11-17(16)28/h4-9,11-12,19,21H,10H2,1-3H3,(H,34,38)(H,36,37)(H2,32,33,35)/t19?,21-/m0/s1. The second-order valence-electron chi connectivity index (χ2n) is 9.59. The third-order valence-corrected chi connectivity index (χ3v) is 5.67. The van der Waals surface area contributed by atoms with Crippen LogP contribution in [0.3, 0.4) is 0 Å². The van der Waals surface area contributed by atoms with Crippen LogP contribution in [0, 0.1) is 5.82 Å². The normalized spacial score (nSPS) is 13.3.